The van der Waals surface area contributed by atoms with E-state index < -0.39 is 5.54 Å². The Morgan fingerprint density at radius 1 is 1.17 bits per heavy atom. The third-order valence-corrected chi connectivity index (χ3v) is 3.73. The second-order valence-corrected chi connectivity index (χ2v) is 4.98. The minimum atomic E-state index is -0.531. The van der Waals surface area contributed by atoms with Gasteiger partial charge in [-0.3, -0.25) is 0 Å². The van der Waals surface area contributed by atoms with Gasteiger partial charge in [0.1, 0.15) is 0 Å². The summed E-state index contributed by atoms with van der Waals surface area (Å²) in [4.78, 5) is 0. The Balaban J connectivity index is 2.42. The molecule has 1 unspecified atom stereocenters. The summed E-state index contributed by atoms with van der Waals surface area (Å²) in [6.07, 6.45) is 1.71. The number of aliphatic hydroxyl groups is 2. The molecule has 0 radical (unpaired) electrons. The molecule has 0 amide bonds. The van der Waals surface area contributed by atoms with Crippen LogP contribution in [0.1, 0.15) is 38.2 Å². The Labute approximate surface area is 110 Å². The van der Waals surface area contributed by atoms with Crippen LogP contribution in [0.25, 0.3) is 0 Å². The fourth-order valence-electron chi connectivity index (χ4n) is 2.01. The van der Waals surface area contributed by atoms with E-state index in [1.165, 1.54) is 5.56 Å². The summed E-state index contributed by atoms with van der Waals surface area (Å²) in [7, 11) is 0. The Morgan fingerprint density at radius 2 is 1.78 bits per heavy atom. The minimum absolute atomic E-state index is 0.0281. The lowest BCUT2D eigenvalue weighted by molar-refractivity contribution is 0.0874. The molecule has 0 aliphatic heterocycles. The summed E-state index contributed by atoms with van der Waals surface area (Å²) in [6.45, 7) is 4.91. The lowest BCUT2D eigenvalue weighted by atomic mass is 9.95. The number of hydrogen-bond donors (Lipinski definition) is 3. The van der Waals surface area contributed by atoms with E-state index in [1.807, 2.05) is 13.0 Å². The number of benzene rings is 1. The number of aliphatic hydroxyl groups excluding tert-OH is 2. The van der Waals surface area contributed by atoms with Gasteiger partial charge in [0.15, 0.2) is 0 Å². The Hall–Kier alpha value is -0.900. The molecule has 0 bridgehead atoms. The molecular formula is C15H25NO2. The van der Waals surface area contributed by atoms with E-state index in [0.717, 1.165) is 19.4 Å². The normalized spacial score (nSPS) is 13.6. The zero-order valence-corrected chi connectivity index (χ0v) is 11.4. The van der Waals surface area contributed by atoms with Crippen molar-refractivity contribution in [1.29, 1.82) is 0 Å². The molecule has 0 aliphatic carbocycles. The van der Waals surface area contributed by atoms with Gasteiger partial charge in [0, 0.05) is 0 Å². The second-order valence-electron chi connectivity index (χ2n) is 4.98. The molecule has 3 heteroatoms. The molecule has 0 fully saturated rings. The van der Waals surface area contributed by atoms with Crippen molar-refractivity contribution >= 4 is 0 Å². The molecule has 0 aromatic heterocycles. The van der Waals surface area contributed by atoms with Crippen molar-refractivity contribution < 1.29 is 10.2 Å². The van der Waals surface area contributed by atoms with Gasteiger partial charge in [-0.15, -0.1) is 0 Å². The Kier molecular flexibility index (Phi) is 6.33. The first-order valence-corrected chi connectivity index (χ1v) is 6.69. The maximum Gasteiger partial charge on any atom is 0.0645 e. The van der Waals surface area contributed by atoms with Crippen LogP contribution in [0.5, 0.6) is 0 Å². The molecule has 3 nitrogen and oxygen atoms in total. The summed E-state index contributed by atoms with van der Waals surface area (Å²) in [5, 5.41) is 22.0. The molecule has 0 saturated heterocycles. The second kappa shape index (κ2) is 7.52. The first-order valence-electron chi connectivity index (χ1n) is 6.69. The average molecular weight is 251 g/mol. The van der Waals surface area contributed by atoms with E-state index in [-0.39, 0.29) is 13.2 Å². The predicted octanol–water partition coefficient (Wildman–Crippen LogP) is 1.90. The molecule has 18 heavy (non-hydrogen) atoms. The largest absolute Gasteiger partial charge is 0.394 e. The predicted molar refractivity (Wildman–Crippen MR) is 74.7 cm³/mol. The molecule has 1 atom stereocenters. The van der Waals surface area contributed by atoms with E-state index in [2.05, 4.69) is 36.5 Å². The van der Waals surface area contributed by atoms with Gasteiger partial charge in [0.25, 0.3) is 0 Å². The monoisotopic (exact) mass is 251 g/mol. The van der Waals surface area contributed by atoms with Crippen LogP contribution in [0.3, 0.4) is 0 Å². The van der Waals surface area contributed by atoms with Gasteiger partial charge < -0.3 is 15.5 Å². The molecular weight excluding hydrogens is 226 g/mol. The van der Waals surface area contributed by atoms with Gasteiger partial charge >= 0.3 is 0 Å². The van der Waals surface area contributed by atoms with Crippen LogP contribution >= 0.6 is 0 Å². The lowest BCUT2D eigenvalue weighted by Crippen LogP contribution is -2.51. The smallest absolute Gasteiger partial charge is 0.0645 e. The molecule has 0 saturated carbocycles. The van der Waals surface area contributed by atoms with Gasteiger partial charge in [-0.05, 0) is 30.9 Å². The fourth-order valence-corrected chi connectivity index (χ4v) is 2.01. The van der Waals surface area contributed by atoms with Crippen molar-refractivity contribution in [2.24, 2.45) is 0 Å². The summed E-state index contributed by atoms with van der Waals surface area (Å²) in [5.74, 6) is 0.477. The fraction of sp³-hybridized carbons (Fsp3) is 0.600. The summed E-state index contributed by atoms with van der Waals surface area (Å²) in [6, 6.07) is 10.4. The molecule has 1 aromatic carbocycles. The molecule has 0 aliphatic rings. The van der Waals surface area contributed by atoms with Crippen molar-refractivity contribution in [3.8, 4) is 0 Å². The molecule has 1 rings (SSSR count). The van der Waals surface area contributed by atoms with Crippen LogP contribution in [-0.2, 0) is 0 Å². The molecule has 1 aromatic rings. The first-order chi connectivity index (χ1) is 8.67. The molecule has 102 valence electrons. The molecule has 0 heterocycles. The van der Waals surface area contributed by atoms with E-state index in [0.29, 0.717) is 5.92 Å². The van der Waals surface area contributed by atoms with Crippen LogP contribution in [0.2, 0.25) is 0 Å². The minimum Gasteiger partial charge on any atom is -0.394 e. The van der Waals surface area contributed by atoms with E-state index in [4.69, 9.17) is 0 Å². The van der Waals surface area contributed by atoms with Crippen molar-refractivity contribution in [1.82, 2.24) is 5.32 Å². The highest BCUT2D eigenvalue weighted by molar-refractivity contribution is 5.18. The van der Waals surface area contributed by atoms with Crippen LogP contribution in [-0.4, -0.2) is 35.5 Å². The topological polar surface area (TPSA) is 52.5 Å². The number of hydrogen-bond acceptors (Lipinski definition) is 3. The highest BCUT2D eigenvalue weighted by Crippen LogP contribution is 2.18. The maximum absolute atomic E-state index is 9.34. The van der Waals surface area contributed by atoms with E-state index in [9.17, 15) is 10.2 Å². The van der Waals surface area contributed by atoms with Crippen LogP contribution in [0.15, 0.2) is 30.3 Å². The van der Waals surface area contributed by atoms with Gasteiger partial charge in [-0.25, -0.2) is 0 Å². The van der Waals surface area contributed by atoms with Gasteiger partial charge in [0.05, 0.1) is 18.8 Å². The van der Waals surface area contributed by atoms with Crippen LogP contribution < -0.4 is 5.32 Å². The number of rotatable bonds is 8. The van der Waals surface area contributed by atoms with Gasteiger partial charge in [-0.2, -0.15) is 0 Å². The number of nitrogens with one attached hydrogen (secondary N) is 1. The zero-order valence-electron chi connectivity index (χ0n) is 11.4. The standard InChI is InChI=1S/C15H25NO2/c1-3-15(11-17,12-18)16-10-9-13(2)14-7-5-4-6-8-14/h4-8,13,16-18H,3,9-12H2,1-2H3. The van der Waals surface area contributed by atoms with Crippen LogP contribution in [0.4, 0.5) is 0 Å². The Bertz CT molecular complexity index is 314. The maximum atomic E-state index is 9.34. The van der Waals surface area contributed by atoms with Gasteiger partial charge in [-0.1, -0.05) is 44.2 Å². The van der Waals surface area contributed by atoms with Gasteiger partial charge in [0.2, 0.25) is 0 Å². The van der Waals surface area contributed by atoms with Crippen molar-refractivity contribution in [3.63, 3.8) is 0 Å². The van der Waals surface area contributed by atoms with E-state index >= 15 is 0 Å². The summed E-state index contributed by atoms with van der Waals surface area (Å²) >= 11 is 0. The third-order valence-electron chi connectivity index (χ3n) is 3.73. The SMILES string of the molecule is CCC(CO)(CO)NCCC(C)c1ccccc1. The quantitative estimate of drug-likeness (QED) is 0.661. The summed E-state index contributed by atoms with van der Waals surface area (Å²) < 4.78 is 0. The molecule has 3 N–H and O–H groups in total. The third kappa shape index (κ3) is 4.09. The van der Waals surface area contributed by atoms with Crippen LogP contribution in [0, 0.1) is 0 Å². The first kappa shape index (κ1) is 15.2. The summed E-state index contributed by atoms with van der Waals surface area (Å²) in [5.41, 5.74) is 0.797. The Morgan fingerprint density at radius 3 is 2.28 bits per heavy atom. The van der Waals surface area contributed by atoms with Crippen molar-refractivity contribution in [2.45, 2.75) is 38.1 Å². The average Bonchev–Trinajstić information content (AvgIpc) is 2.45. The lowest BCUT2D eigenvalue weighted by Gasteiger charge is -2.30. The zero-order chi connectivity index (χ0) is 13.4. The van der Waals surface area contributed by atoms with Crippen molar-refractivity contribution in [3.05, 3.63) is 35.9 Å². The highest BCUT2D eigenvalue weighted by Gasteiger charge is 2.25. The molecule has 0 spiro atoms. The van der Waals surface area contributed by atoms with E-state index in [1.54, 1.807) is 0 Å². The van der Waals surface area contributed by atoms with Crippen molar-refractivity contribution in [2.75, 3.05) is 19.8 Å². The highest BCUT2D eigenvalue weighted by atomic mass is 16.3.